The average Bonchev–Trinajstić information content (AvgIpc) is 2.92. The fraction of sp³-hybridized carbons (Fsp3) is 0.222. The normalized spacial score (nSPS) is 11.7. The van der Waals surface area contributed by atoms with Crippen molar-refractivity contribution < 1.29 is 17.2 Å². The molecular weight excluding hydrogens is 374 g/mol. The van der Waals surface area contributed by atoms with Crippen LogP contribution in [0, 0.1) is 25.5 Å². The van der Waals surface area contributed by atoms with Crippen molar-refractivity contribution in [3.63, 3.8) is 0 Å². The van der Waals surface area contributed by atoms with Crippen LogP contribution in [0.25, 0.3) is 5.82 Å². The summed E-state index contributed by atoms with van der Waals surface area (Å²) in [4.78, 5) is 3.94. The lowest BCUT2D eigenvalue weighted by Crippen LogP contribution is -2.26. The minimum atomic E-state index is -3.94. The highest BCUT2D eigenvalue weighted by Crippen LogP contribution is 2.18. The lowest BCUT2D eigenvalue weighted by atomic mass is 10.1. The topological polar surface area (TPSA) is 76.9 Å². The van der Waals surface area contributed by atoms with Crippen LogP contribution in [0.15, 0.2) is 47.5 Å². The minimum Gasteiger partial charge on any atom is -0.237 e. The van der Waals surface area contributed by atoms with E-state index in [4.69, 9.17) is 0 Å². The molecule has 3 rings (SSSR count). The molecule has 3 aromatic rings. The lowest BCUT2D eigenvalue weighted by molar-refractivity contribution is 0.504. The first-order valence-corrected chi connectivity index (χ1v) is 9.69. The van der Waals surface area contributed by atoms with Crippen molar-refractivity contribution in [1.82, 2.24) is 19.5 Å². The largest absolute Gasteiger partial charge is 0.240 e. The van der Waals surface area contributed by atoms with Gasteiger partial charge in [0, 0.05) is 18.4 Å². The molecule has 0 saturated carbocycles. The summed E-state index contributed by atoms with van der Waals surface area (Å²) in [5, 5.41) is 4.46. The van der Waals surface area contributed by atoms with Crippen LogP contribution in [0.1, 0.15) is 17.0 Å². The Bertz CT molecular complexity index is 1070. The quantitative estimate of drug-likeness (QED) is 0.700. The summed E-state index contributed by atoms with van der Waals surface area (Å²) < 4.78 is 54.9. The first kappa shape index (κ1) is 19.1. The van der Waals surface area contributed by atoms with Crippen LogP contribution in [-0.2, 0) is 16.4 Å². The van der Waals surface area contributed by atoms with Crippen LogP contribution < -0.4 is 4.72 Å². The van der Waals surface area contributed by atoms with Gasteiger partial charge in [0.2, 0.25) is 10.0 Å². The molecule has 1 N–H and O–H groups in total. The van der Waals surface area contributed by atoms with Gasteiger partial charge in [-0.2, -0.15) is 5.10 Å². The van der Waals surface area contributed by atoms with Gasteiger partial charge in [-0.3, -0.25) is 0 Å². The second kappa shape index (κ2) is 7.53. The van der Waals surface area contributed by atoms with Crippen molar-refractivity contribution in [2.75, 3.05) is 6.54 Å². The Labute approximate surface area is 155 Å². The summed E-state index contributed by atoms with van der Waals surface area (Å²) >= 11 is 0. The Morgan fingerprint density at radius 3 is 2.56 bits per heavy atom. The predicted molar refractivity (Wildman–Crippen MR) is 96.1 cm³/mol. The monoisotopic (exact) mass is 392 g/mol. The number of aryl methyl sites for hydroxylation is 1. The first-order valence-electron chi connectivity index (χ1n) is 8.21. The van der Waals surface area contributed by atoms with E-state index >= 15 is 0 Å². The minimum absolute atomic E-state index is 0.0942. The highest BCUT2D eigenvalue weighted by Gasteiger charge is 2.18. The summed E-state index contributed by atoms with van der Waals surface area (Å²) in [6.45, 7) is 3.82. The average molecular weight is 392 g/mol. The van der Waals surface area contributed by atoms with Gasteiger partial charge in [-0.05, 0) is 56.2 Å². The maximum absolute atomic E-state index is 13.3. The maximum atomic E-state index is 13.3. The summed E-state index contributed by atoms with van der Waals surface area (Å²) in [5.74, 6) is -1.63. The molecule has 0 aliphatic rings. The van der Waals surface area contributed by atoms with Crippen molar-refractivity contribution in [2.24, 2.45) is 0 Å². The molecular formula is C18H18F2N4O2S. The Kier molecular flexibility index (Phi) is 5.33. The number of rotatable bonds is 6. The van der Waals surface area contributed by atoms with E-state index in [-0.39, 0.29) is 11.4 Å². The molecule has 0 fully saturated rings. The highest BCUT2D eigenvalue weighted by atomic mass is 32.2. The van der Waals surface area contributed by atoms with E-state index in [1.165, 1.54) is 0 Å². The SMILES string of the molecule is Cc1nn(-c2ccccn2)c(C)c1CCNS(=O)(=O)c1ccc(F)c(F)c1. The van der Waals surface area contributed by atoms with Gasteiger partial charge in [-0.15, -0.1) is 0 Å². The summed E-state index contributed by atoms with van der Waals surface area (Å²) in [7, 11) is -3.94. The molecule has 9 heteroatoms. The van der Waals surface area contributed by atoms with E-state index in [0.717, 1.165) is 29.1 Å². The zero-order chi connectivity index (χ0) is 19.6. The molecule has 0 saturated heterocycles. The van der Waals surface area contributed by atoms with E-state index in [2.05, 4.69) is 14.8 Å². The highest BCUT2D eigenvalue weighted by molar-refractivity contribution is 7.89. The van der Waals surface area contributed by atoms with Crippen LogP contribution in [0.4, 0.5) is 8.78 Å². The van der Waals surface area contributed by atoms with Gasteiger partial charge < -0.3 is 0 Å². The van der Waals surface area contributed by atoms with Gasteiger partial charge in [0.25, 0.3) is 0 Å². The number of nitrogens with one attached hydrogen (secondary N) is 1. The van der Waals surface area contributed by atoms with Gasteiger partial charge in [0.15, 0.2) is 17.5 Å². The third-order valence-electron chi connectivity index (χ3n) is 4.18. The second-order valence-electron chi connectivity index (χ2n) is 5.97. The number of hydrogen-bond donors (Lipinski definition) is 1. The fourth-order valence-corrected chi connectivity index (χ4v) is 3.82. The Morgan fingerprint density at radius 2 is 1.89 bits per heavy atom. The number of aromatic nitrogens is 3. The molecule has 6 nitrogen and oxygen atoms in total. The smallest absolute Gasteiger partial charge is 0.237 e. The number of nitrogens with zero attached hydrogens (tertiary/aromatic N) is 3. The van der Waals surface area contributed by atoms with Crippen LogP contribution in [0.2, 0.25) is 0 Å². The zero-order valence-corrected chi connectivity index (χ0v) is 15.6. The Morgan fingerprint density at radius 1 is 1.11 bits per heavy atom. The van der Waals surface area contributed by atoms with E-state index in [0.29, 0.717) is 18.3 Å². The van der Waals surface area contributed by atoms with Crippen LogP contribution in [0.5, 0.6) is 0 Å². The van der Waals surface area contributed by atoms with E-state index in [1.54, 1.807) is 10.9 Å². The number of pyridine rings is 1. The predicted octanol–water partition coefficient (Wildman–Crippen LogP) is 2.68. The molecule has 2 heterocycles. The van der Waals surface area contributed by atoms with Gasteiger partial charge >= 0.3 is 0 Å². The molecule has 0 atom stereocenters. The van der Waals surface area contributed by atoms with Crippen molar-refractivity contribution in [2.45, 2.75) is 25.2 Å². The van der Waals surface area contributed by atoms with Gasteiger partial charge in [0.05, 0.1) is 10.6 Å². The fourth-order valence-electron chi connectivity index (χ4n) is 2.78. The van der Waals surface area contributed by atoms with Crippen molar-refractivity contribution in [3.8, 4) is 5.82 Å². The standard InChI is InChI=1S/C18H18F2N4O2S/c1-12-15(13(2)24(23-12)18-5-3-4-9-21-18)8-10-22-27(25,26)14-6-7-16(19)17(20)11-14/h3-7,9,11,22H,8,10H2,1-2H3. The second-order valence-corrected chi connectivity index (χ2v) is 7.74. The van der Waals surface area contributed by atoms with E-state index in [1.807, 2.05) is 32.0 Å². The Hall–Kier alpha value is -2.65. The molecule has 0 unspecified atom stereocenters. The molecule has 0 amide bonds. The van der Waals surface area contributed by atoms with Crippen LogP contribution in [-0.4, -0.2) is 29.7 Å². The third-order valence-corrected chi connectivity index (χ3v) is 5.63. The van der Waals surface area contributed by atoms with Crippen molar-refractivity contribution in [3.05, 3.63) is 71.2 Å². The number of sulfonamides is 1. The van der Waals surface area contributed by atoms with Crippen LogP contribution in [0.3, 0.4) is 0 Å². The summed E-state index contributed by atoms with van der Waals surface area (Å²) in [6.07, 6.45) is 2.06. The molecule has 1 aromatic carbocycles. The van der Waals surface area contributed by atoms with Crippen molar-refractivity contribution >= 4 is 10.0 Å². The van der Waals surface area contributed by atoms with Crippen molar-refractivity contribution in [1.29, 1.82) is 0 Å². The molecule has 0 radical (unpaired) electrons. The molecule has 2 aromatic heterocycles. The Balaban J connectivity index is 1.74. The number of hydrogen-bond acceptors (Lipinski definition) is 4. The number of halogens is 2. The van der Waals surface area contributed by atoms with Gasteiger partial charge in [-0.1, -0.05) is 6.07 Å². The third kappa shape index (κ3) is 4.04. The maximum Gasteiger partial charge on any atom is 0.240 e. The van der Waals surface area contributed by atoms with Crippen LogP contribution >= 0.6 is 0 Å². The molecule has 0 spiro atoms. The molecule has 0 aliphatic carbocycles. The molecule has 0 bridgehead atoms. The molecule has 0 aliphatic heterocycles. The first-order chi connectivity index (χ1) is 12.8. The summed E-state index contributed by atoms with van der Waals surface area (Å²) in [6, 6.07) is 7.96. The van der Waals surface area contributed by atoms with E-state index in [9.17, 15) is 17.2 Å². The molecule has 142 valence electrons. The number of benzene rings is 1. The van der Waals surface area contributed by atoms with Gasteiger partial charge in [-0.25, -0.2) is 31.6 Å². The summed E-state index contributed by atoms with van der Waals surface area (Å²) in [5.41, 5.74) is 2.53. The lowest BCUT2D eigenvalue weighted by Gasteiger charge is -2.08. The molecule has 27 heavy (non-hydrogen) atoms. The van der Waals surface area contributed by atoms with Gasteiger partial charge in [0.1, 0.15) is 0 Å². The van der Waals surface area contributed by atoms with E-state index < -0.39 is 21.7 Å². The zero-order valence-electron chi connectivity index (χ0n) is 14.8.